The van der Waals surface area contributed by atoms with Gasteiger partial charge in [-0.05, 0) is 35.9 Å². The van der Waals surface area contributed by atoms with Gasteiger partial charge in [-0.2, -0.15) is 0 Å². The van der Waals surface area contributed by atoms with Gasteiger partial charge in [0.2, 0.25) is 0 Å². The Morgan fingerprint density at radius 2 is 2.05 bits per heavy atom. The van der Waals surface area contributed by atoms with Gasteiger partial charge in [0, 0.05) is 18.0 Å². The first-order valence-electron chi connectivity index (χ1n) is 7.39. The summed E-state index contributed by atoms with van der Waals surface area (Å²) in [5.41, 5.74) is 4.29. The van der Waals surface area contributed by atoms with E-state index in [1.54, 1.807) is 0 Å². The van der Waals surface area contributed by atoms with Crippen LogP contribution in [0.5, 0.6) is 5.75 Å². The lowest BCUT2D eigenvalue weighted by Crippen LogP contribution is -2.16. The molecule has 106 valence electrons. The minimum atomic E-state index is 0.122. The van der Waals surface area contributed by atoms with Gasteiger partial charge in [0.25, 0.3) is 0 Å². The first-order valence-corrected chi connectivity index (χ1v) is 7.39. The zero-order valence-corrected chi connectivity index (χ0v) is 13.0. The van der Waals surface area contributed by atoms with Crippen molar-refractivity contribution in [3.05, 3.63) is 28.8 Å². The van der Waals surface area contributed by atoms with Crippen molar-refractivity contribution in [1.82, 2.24) is 5.32 Å². The molecular weight excluding hydrogens is 234 g/mol. The lowest BCUT2D eigenvalue weighted by Gasteiger charge is -2.26. The normalized spacial score (nSPS) is 19.7. The van der Waals surface area contributed by atoms with Gasteiger partial charge in [0.15, 0.2) is 0 Å². The lowest BCUT2D eigenvalue weighted by atomic mass is 9.81. The minimum Gasteiger partial charge on any atom is -0.496 e. The van der Waals surface area contributed by atoms with Gasteiger partial charge in [-0.25, -0.2) is 0 Å². The van der Waals surface area contributed by atoms with Crippen molar-refractivity contribution in [2.24, 2.45) is 0 Å². The van der Waals surface area contributed by atoms with Crippen molar-refractivity contribution >= 4 is 0 Å². The zero-order chi connectivity index (χ0) is 14.0. The zero-order valence-electron chi connectivity index (χ0n) is 13.0. The quantitative estimate of drug-likeness (QED) is 0.897. The number of benzene rings is 1. The highest BCUT2D eigenvalue weighted by Gasteiger charge is 2.27. The number of aryl methyl sites for hydroxylation is 1. The highest BCUT2D eigenvalue weighted by molar-refractivity contribution is 5.50. The molecule has 2 heteroatoms. The Balaban J connectivity index is 2.56. The third-order valence-electron chi connectivity index (χ3n) is 4.10. The van der Waals surface area contributed by atoms with Crippen LogP contribution in [0.3, 0.4) is 0 Å². The van der Waals surface area contributed by atoms with Crippen molar-refractivity contribution in [2.45, 2.75) is 51.9 Å². The fourth-order valence-electron chi connectivity index (χ4n) is 2.93. The van der Waals surface area contributed by atoms with Crippen molar-refractivity contribution in [3.8, 4) is 5.75 Å². The van der Waals surface area contributed by atoms with Gasteiger partial charge in [0.05, 0.1) is 7.11 Å². The van der Waals surface area contributed by atoms with Crippen molar-refractivity contribution in [1.29, 1.82) is 0 Å². The van der Waals surface area contributed by atoms with Crippen LogP contribution < -0.4 is 10.1 Å². The maximum atomic E-state index is 5.79. The highest BCUT2D eigenvalue weighted by atomic mass is 16.5. The average Bonchev–Trinajstić information content (AvgIpc) is 2.89. The van der Waals surface area contributed by atoms with E-state index >= 15 is 0 Å². The molecule has 0 bridgehead atoms. The van der Waals surface area contributed by atoms with E-state index in [-0.39, 0.29) is 5.41 Å². The van der Waals surface area contributed by atoms with Crippen LogP contribution in [0.4, 0.5) is 0 Å². The molecule has 2 nitrogen and oxygen atoms in total. The Labute approximate surface area is 117 Å². The Hall–Kier alpha value is -1.02. The molecule has 1 fully saturated rings. The second-order valence-electron chi connectivity index (χ2n) is 6.56. The molecule has 0 aliphatic carbocycles. The molecule has 19 heavy (non-hydrogen) atoms. The Morgan fingerprint density at radius 3 is 2.53 bits per heavy atom. The van der Waals surface area contributed by atoms with Crippen LogP contribution in [0.1, 0.15) is 56.7 Å². The summed E-state index contributed by atoms with van der Waals surface area (Å²) < 4.78 is 5.79. The van der Waals surface area contributed by atoms with Gasteiger partial charge in [-0.3, -0.25) is 0 Å². The molecule has 1 aromatic rings. The fourth-order valence-corrected chi connectivity index (χ4v) is 2.93. The van der Waals surface area contributed by atoms with Crippen LogP contribution >= 0.6 is 0 Å². The molecule has 0 aromatic heterocycles. The number of hydrogen-bond acceptors (Lipinski definition) is 2. The summed E-state index contributed by atoms with van der Waals surface area (Å²) in [6, 6.07) is 4.68. The maximum absolute atomic E-state index is 5.79. The van der Waals surface area contributed by atoms with Gasteiger partial charge in [0.1, 0.15) is 5.75 Å². The Kier molecular flexibility index (Phi) is 4.19. The van der Waals surface area contributed by atoms with Crippen LogP contribution in [0.2, 0.25) is 0 Å². The van der Waals surface area contributed by atoms with E-state index in [0.717, 1.165) is 25.3 Å². The molecular formula is C17H27NO. The van der Waals surface area contributed by atoms with E-state index < -0.39 is 0 Å². The van der Waals surface area contributed by atoms with E-state index in [1.165, 1.54) is 23.1 Å². The molecule has 1 unspecified atom stereocenters. The van der Waals surface area contributed by atoms with E-state index in [4.69, 9.17) is 4.74 Å². The van der Waals surface area contributed by atoms with Crippen molar-refractivity contribution in [2.75, 3.05) is 20.2 Å². The Morgan fingerprint density at radius 1 is 1.32 bits per heavy atom. The molecule has 0 amide bonds. The van der Waals surface area contributed by atoms with E-state index in [0.29, 0.717) is 5.92 Å². The second kappa shape index (κ2) is 5.54. The van der Waals surface area contributed by atoms with E-state index in [2.05, 4.69) is 45.1 Å². The number of hydrogen-bond donors (Lipinski definition) is 1. The lowest BCUT2D eigenvalue weighted by molar-refractivity contribution is 0.389. The monoisotopic (exact) mass is 261 g/mol. The first-order chi connectivity index (χ1) is 8.97. The number of nitrogens with one attached hydrogen (secondary N) is 1. The summed E-state index contributed by atoms with van der Waals surface area (Å²) in [6.45, 7) is 11.2. The third-order valence-corrected chi connectivity index (χ3v) is 4.10. The van der Waals surface area contributed by atoms with Gasteiger partial charge < -0.3 is 10.1 Å². The highest BCUT2D eigenvalue weighted by Crippen LogP contribution is 2.40. The molecule has 1 aliphatic heterocycles. The fraction of sp³-hybridized carbons (Fsp3) is 0.647. The summed E-state index contributed by atoms with van der Waals surface area (Å²) in [5, 5.41) is 3.46. The van der Waals surface area contributed by atoms with Gasteiger partial charge >= 0.3 is 0 Å². The molecule has 0 radical (unpaired) electrons. The van der Waals surface area contributed by atoms with Crippen LogP contribution in [0.25, 0.3) is 0 Å². The SMILES string of the molecule is CCc1cc(C2CCNC2)c(OC)c(C(C)(C)C)c1. The maximum Gasteiger partial charge on any atom is 0.126 e. The summed E-state index contributed by atoms with van der Waals surface area (Å²) in [5.74, 6) is 1.71. The molecule has 1 atom stereocenters. The largest absolute Gasteiger partial charge is 0.496 e. The van der Waals surface area contributed by atoms with Crippen molar-refractivity contribution < 1.29 is 4.74 Å². The summed E-state index contributed by atoms with van der Waals surface area (Å²) in [4.78, 5) is 0. The molecule has 1 aromatic carbocycles. The standard InChI is InChI=1S/C17H27NO/c1-6-12-9-14(13-7-8-18-11-13)16(19-5)15(10-12)17(2,3)4/h9-10,13,18H,6-8,11H2,1-5H3. The topological polar surface area (TPSA) is 21.3 Å². The first kappa shape index (κ1) is 14.4. The second-order valence-corrected chi connectivity index (χ2v) is 6.56. The molecule has 1 saturated heterocycles. The van der Waals surface area contributed by atoms with Crippen LogP contribution in [-0.2, 0) is 11.8 Å². The number of rotatable bonds is 3. The smallest absolute Gasteiger partial charge is 0.126 e. The summed E-state index contributed by atoms with van der Waals surface area (Å²) >= 11 is 0. The van der Waals surface area contributed by atoms with Crippen LogP contribution in [-0.4, -0.2) is 20.2 Å². The predicted octanol–water partition coefficient (Wildman–Crippen LogP) is 3.63. The predicted molar refractivity (Wildman–Crippen MR) is 81.3 cm³/mol. The number of ether oxygens (including phenoxy) is 1. The molecule has 0 spiro atoms. The van der Waals surface area contributed by atoms with E-state index in [1.807, 2.05) is 7.11 Å². The molecule has 2 rings (SSSR count). The molecule has 1 heterocycles. The average molecular weight is 261 g/mol. The third kappa shape index (κ3) is 2.94. The summed E-state index contributed by atoms with van der Waals surface area (Å²) in [7, 11) is 1.81. The van der Waals surface area contributed by atoms with Crippen molar-refractivity contribution in [3.63, 3.8) is 0 Å². The van der Waals surface area contributed by atoms with E-state index in [9.17, 15) is 0 Å². The molecule has 0 saturated carbocycles. The molecule has 1 aliphatic rings. The van der Waals surface area contributed by atoms with Crippen LogP contribution in [0, 0.1) is 0 Å². The number of methoxy groups -OCH3 is 1. The van der Waals surface area contributed by atoms with Gasteiger partial charge in [-0.15, -0.1) is 0 Å². The Bertz CT molecular complexity index is 439. The molecule has 1 N–H and O–H groups in total. The summed E-state index contributed by atoms with van der Waals surface area (Å²) in [6.07, 6.45) is 2.30. The van der Waals surface area contributed by atoms with Gasteiger partial charge in [-0.1, -0.05) is 39.8 Å². The minimum absolute atomic E-state index is 0.122. The van der Waals surface area contributed by atoms with Crippen LogP contribution in [0.15, 0.2) is 12.1 Å².